The molecule has 0 radical (unpaired) electrons. The smallest absolute Gasteiger partial charge is 0.220 e. The number of hydrogen-bond donors (Lipinski definition) is 1. The third kappa shape index (κ3) is 11.0. The van der Waals surface area contributed by atoms with E-state index in [1.54, 1.807) is 0 Å². The van der Waals surface area contributed by atoms with Crippen molar-refractivity contribution in [2.75, 3.05) is 19.8 Å². The highest BCUT2D eigenvalue weighted by molar-refractivity contribution is 5.75. The second kappa shape index (κ2) is 11.2. The summed E-state index contributed by atoms with van der Waals surface area (Å²) >= 11 is 0. The summed E-state index contributed by atoms with van der Waals surface area (Å²) in [6.45, 7) is 3.95. The Kier molecular flexibility index (Phi) is 10.5. The Labute approximate surface area is 91.4 Å². The molecule has 0 aromatic heterocycles. The van der Waals surface area contributed by atoms with Gasteiger partial charge in [0.05, 0.1) is 6.61 Å². The van der Waals surface area contributed by atoms with Crippen LogP contribution >= 0.6 is 0 Å². The van der Waals surface area contributed by atoms with Gasteiger partial charge in [-0.1, -0.05) is 6.92 Å². The van der Waals surface area contributed by atoms with Gasteiger partial charge in [0, 0.05) is 26.0 Å². The van der Waals surface area contributed by atoms with Gasteiger partial charge in [-0.25, -0.2) is 0 Å². The van der Waals surface area contributed by atoms with Crippen molar-refractivity contribution in [3.8, 4) is 0 Å². The topological polar surface area (TPSA) is 55.4 Å². The molecule has 0 saturated heterocycles. The van der Waals surface area contributed by atoms with Gasteiger partial charge in [-0.05, 0) is 19.3 Å². The predicted molar refractivity (Wildman–Crippen MR) is 58.7 cm³/mol. The van der Waals surface area contributed by atoms with E-state index in [0.29, 0.717) is 26.0 Å². The summed E-state index contributed by atoms with van der Waals surface area (Å²) in [5.41, 5.74) is 0. The zero-order chi connectivity index (χ0) is 11.4. The van der Waals surface area contributed by atoms with E-state index in [4.69, 9.17) is 4.74 Å². The van der Waals surface area contributed by atoms with Gasteiger partial charge in [0.15, 0.2) is 0 Å². The van der Waals surface area contributed by atoms with Crippen LogP contribution in [0.1, 0.15) is 39.0 Å². The summed E-state index contributed by atoms with van der Waals surface area (Å²) < 4.78 is 5.22. The van der Waals surface area contributed by atoms with E-state index in [1.807, 2.05) is 6.92 Å². The first kappa shape index (κ1) is 14.1. The number of aldehydes is 1. The van der Waals surface area contributed by atoms with Crippen molar-refractivity contribution in [1.82, 2.24) is 5.32 Å². The fourth-order valence-corrected chi connectivity index (χ4v) is 1.11. The van der Waals surface area contributed by atoms with Gasteiger partial charge in [0.1, 0.15) is 6.29 Å². The second-order valence-electron chi connectivity index (χ2n) is 3.37. The maximum absolute atomic E-state index is 11.2. The lowest BCUT2D eigenvalue weighted by Crippen LogP contribution is -2.27. The van der Waals surface area contributed by atoms with Gasteiger partial charge in [-0.15, -0.1) is 0 Å². The summed E-state index contributed by atoms with van der Waals surface area (Å²) in [5.74, 6) is 0.0426. The molecular formula is C11H21NO3. The monoisotopic (exact) mass is 215 g/mol. The minimum Gasteiger partial charge on any atom is -0.380 e. The summed E-state index contributed by atoms with van der Waals surface area (Å²) in [7, 11) is 0. The van der Waals surface area contributed by atoms with E-state index >= 15 is 0 Å². The zero-order valence-electron chi connectivity index (χ0n) is 9.46. The van der Waals surface area contributed by atoms with Crippen LogP contribution in [0, 0.1) is 0 Å². The molecule has 0 fully saturated rings. The first-order valence-electron chi connectivity index (χ1n) is 5.59. The largest absolute Gasteiger partial charge is 0.380 e. The molecule has 0 rings (SSSR count). The van der Waals surface area contributed by atoms with Gasteiger partial charge in [0.2, 0.25) is 5.91 Å². The number of hydrogen-bond acceptors (Lipinski definition) is 3. The number of rotatable bonds is 10. The van der Waals surface area contributed by atoms with Crippen LogP contribution in [-0.2, 0) is 14.3 Å². The Morgan fingerprint density at radius 1 is 1.33 bits per heavy atom. The van der Waals surface area contributed by atoms with Crippen molar-refractivity contribution >= 4 is 12.2 Å². The first-order valence-corrected chi connectivity index (χ1v) is 5.59. The molecule has 0 atom stereocenters. The second-order valence-corrected chi connectivity index (χ2v) is 3.37. The minimum atomic E-state index is 0.0426. The third-order valence-electron chi connectivity index (χ3n) is 1.89. The molecule has 0 aliphatic rings. The first-order chi connectivity index (χ1) is 7.31. The van der Waals surface area contributed by atoms with Crippen LogP contribution in [0.4, 0.5) is 0 Å². The van der Waals surface area contributed by atoms with E-state index < -0.39 is 0 Å². The number of carbonyl (C=O) groups is 2. The van der Waals surface area contributed by atoms with Crippen molar-refractivity contribution in [2.45, 2.75) is 39.0 Å². The van der Waals surface area contributed by atoms with Crippen LogP contribution in [0.3, 0.4) is 0 Å². The van der Waals surface area contributed by atoms with E-state index in [9.17, 15) is 9.59 Å². The molecule has 4 heteroatoms. The quantitative estimate of drug-likeness (QED) is 0.441. The number of amides is 1. The molecule has 88 valence electrons. The molecule has 0 aromatic rings. The van der Waals surface area contributed by atoms with E-state index in [0.717, 1.165) is 32.2 Å². The van der Waals surface area contributed by atoms with Crippen molar-refractivity contribution in [1.29, 1.82) is 0 Å². The maximum Gasteiger partial charge on any atom is 0.220 e. The SMILES string of the molecule is CCCOCCNC(=O)CCCCC=O. The van der Waals surface area contributed by atoms with Crippen LogP contribution < -0.4 is 5.32 Å². The zero-order valence-corrected chi connectivity index (χ0v) is 9.46. The van der Waals surface area contributed by atoms with Gasteiger partial charge < -0.3 is 14.8 Å². The van der Waals surface area contributed by atoms with Gasteiger partial charge in [-0.2, -0.15) is 0 Å². The maximum atomic E-state index is 11.2. The summed E-state index contributed by atoms with van der Waals surface area (Å²) in [6.07, 6.45) is 4.51. The number of nitrogens with one attached hydrogen (secondary N) is 1. The van der Waals surface area contributed by atoms with Crippen LogP contribution in [0.25, 0.3) is 0 Å². The minimum absolute atomic E-state index is 0.0426. The molecule has 0 aromatic carbocycles. The number of unbranched alkanes of at least 4 members (excludes halogenated alkanes) is 2. The highest BCUT2D eigenvalue weighted by atomic mass is 16.5. The van der Waals surface area contributed by atoms with Gasteiger partial charge in [0.25, 0.3) is 0 Å². The van der Waals surface area contributed by atoms with Crippen molar-refractivity contribution in [3.63, 3.8) is 0 Å². The Balaban J connectivity index is 3.15. The Morgan fingerprint density at radius 2 is 2.13 bits per heavy atom. The molecule has 0 heterocycles. The predicted octanol–water partition coefficient (Wildman–Crippen LogP) is 1.29. The Hall–Kier alpha value is -0.900. The van der Waals surface area contributed by atoms with Crippen LogP contribution in [0.5, 0.6) is 0 Å². The Bertz CT molecular complexity index is 171. The molecular weight excluding hydrogens is 194 g/mol. The standard InChI is InChI=1S/C11H21NO3/c1-2-9-15-10-7-12-11(14)6-4-3-5-8-13/h8H,2-7,9-10H2,1H3,(H,12,14). The van der Waals surface area contributed by atoms with Crippen molar-refractivity contribution < 1.29 is 14.3 Å². The fraction of sp³-hybridized carbons (Fsp3) is 0.818. The lowest BCUT2D eigenvalue weighted by atomic mass is 10.2. The van der Waals surface area contributed by atoms with Gasteiger partial charge >= 0.3 is 0 Å². The fourth-order valence-electron chi connectivity index (χ4n) is 1.11. The average molecular weight is 215 g/mol. The summed E-state index contributed by atoms with van der Waals surface area (Å²) in [5, 5.41) is 2.77. The molecule has 0 spiro atoms. The molecule has 15 heavy (non-hydrogen) atoms. The van der Waals surface area contributed by atoms with E-state index in [2.05, 4.69) is 5.32 Å². The lowest BCUT2D eigenvalue weighted by molar-refractivity contribution is -0.121. The highest BCUT2D eigenvalue weighted by Crippen LogP contribution is 1.97. The van der Waals surface area contributed by atoms with Crippen LogP contribution in [0.15, 0.2) is 0 Å². The summed E-state index contributed by atoms with van der Waals surface area (Å²) in [6, 6.07) is 0. The number of ether oxygens (including phenoxy) is 1. The van der Waals surface area contributed by atoms with E-state index in [-0.39, 0.29) is 5.91 Å². The summed E-state index contributed by atoms with van der Waals surface area (Å²) in [4.78, 5) is 21.2. The van der Waals surface area contributed by atoms with E-state index in [1.165, 1.54) is 0 Å². The molecule has 0 aliphatic carbocycles. The van der Waals surface area contributed by atoms with Crippen molar-refractivity contribution in [2.24, 2.45) is 0 Å². The highest BCUT2D eigenvalue weighted by Gasteiger charge is 1.99. The van der Waals surface area contributed by atoms with Crippen LogP contribution in [-0.4, -0.2) is 32.0 Å². The Morgan fingerprint density at radius 3 is 2.80 bits per heavy atom. The molecule has 1 amide bonds. The average Bonchev–Trinajstić information content (AvgIpc) is 2.24. The number of carbonyl (C=O) groups excluding carboxylic acids is 2. The molecule has 0 bridgehead atoms. The van der Waals surface area contributed by atoms with Crippen molar-refractivity contribution in [3.05, 3.63) is 0 Å². The normalized spacial score (nSPS) is 9.93. The van der Waals surface area contributed by atoms with Crippen LogP contribution in [0.2, 0.25) is 0 Å². The molecule has 4 nitrogen and oxygen atoms in total. The molecule has 0 unspecified atom stereocenters. The lowest BCUT2D eigenvalue weighted by Gasteiger charge is -2.05. The molecule has 1 N–H and O–H groups in total. The molecule has 0 saturated carbocycles. The van der Waals surface area contributed by atoms with Gasteiger partial charge in [-0.3, -0.25) is 4.79 Å². The third-order valence-corrected chi connectivity index (χ3v) is 1.89. The molecule has 0 aliphatic heterocycles.